The third-order valence-corrected chi connectivity index (χ3v) is 4.15. The van der Waals surface area contributed by atoms with E-state index >= 15 is 0 Å². The predicted octanol–water partition coefficient (Wildman–Crippen LogP) is 5.42. The third-order valence-electron chi connectivity index (χ3n) is 4.15. The molecule has 0 amide bonds. The monoisotopic (exact) mass is 296 g/mol. The Hall–Kier alpha value is -1.96. The SMILES string of the molecule is CCCCCCCCc1cc(N)ccc1-c1ccc(N)cc1. The minimum absolute atomic E-state index is 0.802. The number of unbranched alkanes of at least 4 members (excludes halogenated alkanes) is 5. The average Bonchev–Trinajstić information content (AvgIpc) is 2.52. The standard InChI is InChI=1S/C20H28N2/c1-2-3-4-5-6-7-8-17-15-19(22)13-14-20(17)16-9-11-18(21)12-10-16/h9-15H,2-8,21-22H2,1H3. The molecule has 0 aliphatic heterocycles. The van der Waals surface area contributed by atoms with Gasteiger partial charge in [-0.25, -0.2) is 0 Å². The van der Waals surface area contributed by atoms with Gasteiger partial charge in [0.05, 0.1) is 0 Å². The van der Waals surface area contributed by atoms with Crippen LogP contribution in [0.15, 0.2) is 42.5 Å². The largest absolute Gasteiger partial charge is 0.399 e. The second-order valence-electron chi connectivity index (χ2n) is 6.06. The van der Waals surface area contributed by atoms with E-state index in [9.17, 15) is 0 Å². The molecule has 2 nitrogen and oxygen atoms in total. The van der Waals surface area contributed by atoms with Crippen molar-refractivity contribution in [2.75, 3.05) is 11.5 Å². The van der Waals surface area contributed by atoms with Crippen LogP contribution in [0, 0.1) is 0 Å². The van der Waals surface area contributed by atoms with Crippen LogP contribution in [0.2, 0.25) is 0 Å². The molecule has 0 saturated heterocycles. The van der Waals surface area contributed by atoms with Crippen molar-refractivity contribution in [2.45, 2.75) is 51.9 Å². The summed E-state index contributed by atoms with van der Waals surface area (Å²) in [6, 6.07) is 14.3. The highest BCUT2D eigenvalue weighted by Crippen LogP contribution is 2.28. The van der Waals surface area contributed by atoms with Crippen LogP contribution >= 0.6 is 0 Å². The first kappa shape index (κ1) is 16.4. The zero-order valence-corrected chi connectivity index (χ0v) is 13.6. The van der Waals surface area contributed by atoms with Crippen molar-refractivity contribution in [2.24, 2.45) is 0 Å². The van der Waals surface area contributed by atoms with Gasteiger partial charge in [0.15, 0.2) is 0 Å². The molecule has 0 unspecified atom stereocenters. The number of rotatable bonds is 8. The van der Waals surface area contributed by atoms with Crippen molar-refractivity contribution in [1.82, 2.24) is 0 Å². The van der Waals surface area contributed by atoms with E-state index in [1.807, 2.05) is 18.2 Å². The first-order valence-corrected chi connectivity index (χ1v) is 8.45. The van der Waals surface area contributed by atoms with Gasteiger partial charge in [0.2, 0.25) is 0 Å². The Balaban J connectivity index is 2.03. The normalized spacial score (nSPS) is 10.8. The van der Waals surface area contributed by atoms with E-state index in [1.54, 1.807) is 0 Å². The molecule has 0 aliphatic rings. The van der Waals surface area contributed by atoms with Crippen molar-refractivity contribution in [3.05, 3.63) is 48.0 Å². The Morgan fingerprint density at radius 3 is 2.09 bits per heavy atom. The van der Waals surface area contributed by atoms with Gasteiger partial charge in [-0.2, -0.15) is 0 Å². The second-order valence-corrected chi connectivity index (χ2v) is 6.06. The molecule has 0 aliphatic carbocycles. The fourth-order valence-electron chi connectivity index (χ4n) is 2.86. The molecule has 0 heterocycles. The molecule has 0 aromatic heterocycles. The average molecular weight is 296 g/mol. The number of nitrogens with two attached hydrogens (primary N) is 2. The number of hydrogen-bond donors (Lipinski definition) is 2. The number of benzene rings is 2. The quantitative estimate of drug-likeness (QED) is 0.504. The summed E-state index contributed by atoms with van der Waals surface area (Å²) in [6.45, 7) is 2.26. The van der Waals surface area contributed by atoms with Crippen LogP contribution in [0.25, 0.3) is 11.1 Å². The van der Waals surface area contributed by atoms with Crippen molar-refractivity contribution in [3.8, 4) is 11.1 Å². The highest BCUT2D eigenvalue weighted by atomic mass is 14.5. The maximum atomic E-state index is 5.98. The molecule has 0 spiro atoms. The first-order chi connectivity index (χ1) is 10.7. The maximum Gasteiger partial charge on any atom is 0.0317 e. The molecule has 0 atom stereocenters. The lowest BCUT2D eigenvalue weighted by Crippen LogP contribution is -1.95. The molecule has 22 heavy (non-hydrogen) atoms. The molecule has 2 heteroatoms. The highest BCUT2D eigenvalue weighted by molar-refractivity contribution is 5.71. The highest BCUT2D eigenvalue weighted by Gasteiger charge is 2.06. The molecule has 0 fully saturated rings. The van der Waals surface area contributed by atoms with Crippen LogP contribution in [0.1, 0.15) is 51.0 Å². The van der Waals surface area contributed by atoms with Gasteiger partial charge in [-0.3, -0.25) is 0 Å². The minimum atomic E-state index is 0.802. The van der Waals surface area contributed by atoms with E-state index in [4.69, 9.17) is 11.5 Å². The summed E-state index contributed by atoms with van der Waals surface area (Å²) in [5, 5.41) is 0. The summed E-state index contributed by atoms with van der Waals surface area (Å²) in [6.07, 6.45) is 8.99. The van der Waals surface area contributed by atoms with Crippen molar-refractivity contribution >= 4 is 11.4 Å². The minimum Gasteiger partial charge on any atom is -0.399 e. The third kappa shape index (κ3) is 4.80. The smallest absolute Gasteiger partial charge is 0.0317 e. The van der Waals surface area contributed by atoms with Crippen LogP contribution in [-0.2, 0) is 6.42 Å². The molecule has 0 saturated carbocycles. The van der Waals surface area contributed by atoms with E-state index in [2.05, 4.69) is 31.2 Å². The van der Waals surface area contributed by atoms with E-state index in [0.717, 1.165) is 17.8 Å². The summed E-state index contributed by atoms with van der Waals surface area (Å²) in [4.78, 5) is 0. The van der Waals surface area contributed by atoms with E-state index < -0.39 is 0 Å². The molecule has 0 radical (unpaired) electrons. The topological polar surface area (TPSA) is 52.0 Å². The lowest BCUT2D eigenvalue weighted by molar-refractivity contribution is 0.608. The van der Waals surface area contributed by atoms with Gasteiger partial charge in [0, 0.05) is 11.4 Å². The van der Waals surface area contributed by atoms with Gasteiger partial charge in [0.1, 0.15) is 0 Å². The Kier molecular flexibility index (Phi) is 6.32. The van der Waals surface area contributed by atoms with E-state index in [1.165, 1.54) is 55.2 Å². The maximum absolute atomic E-state index is 5.98. The Morgan fingerprint density at radius 1 is 0.727 bits per heavy atom. The Bertz CT molecular complexity index is 573. The van der Waals surface area contributed by atoms with Crippen LogP contribution in [-0.4, -0.2) is 0 Å². The van der Waals surface area contributed by atoms with Crippen LogP contribution in [0.4, 0.5) is 11.4 Å². The number of hydrogen-bond acceptors (Lipinski definition) is 2. The molecule has 4 N–H and O–H groups in total. The van der Waals surface area contributed by atoms with Crippen LogP contribution < -0.4 is 11.5 Å². The molecule has 2 aromatic carbocycles. The van der Waals surface area contributed by atoms with Gasteiger partial charge >= 0.3 is 0 Å². The second kappa shape index (κ2) is 8.47. The van der Waals surface area contributed by atoms with Gasteiger partial charge in [-0.15, -0.1) is 0 Å². The van der Waals surface area contributed by atoms with E-state index in [-0.39, 0.29) is 0 Å². The van der Waals surface area contributed by atoms with Crippen molar-refractivity contribution in [1.29, 1.82) is 0 Å². The van der Waals surface area contributed by atoms with E-state index in [0.29, 0.717) is 0 Å². The Labute approximate surface area is 134 Å². The molecule has 118 valence electrons. The van der Waals surface area contributed by atoms with Gasteiger partial charge in [-0.1, -0.05) is 57.2 Å². The van der Waals surface area contributed by atoms with Crippen molar-refractivity contribution < 1.29 is 0 Å². The number of nitrogen functional groups attached to an aromatic ring is 2. The summed E-state index contributed by atoms with van der Waals surface area (Å²) in [5.74, 6) is 0. The van der Waals surface area contributed by atoms with Gasteiger partial charge < -0.3 is 11.5 Å². The van der Waals surface area contributed by atoms with Gasteiger partial charge in [0.25, 0.3) is 0 Å². The fraction of sp³-hybridized carbons (Fsp3) is 0.400. The molecule has 2 aromatic rings. The summed E-state index contributed by atoms with van der Waals surface area (Å²) in [7, 11) is 0. The summed E-state index contributed by atoms with van der Waals surface area (Å²) >= 11 is 0. The zero-order valence-electron chi connectivity index (χ0n) is 13.6. The number of anilines is 2. The molecular weight excluding hydrogens is 268 g/mol. The molecule has 0 bridgehead atoms. The summed E-state index contributed by atoms with van der Waals surface area (Å²) < 4.78 is 0. The summed E-state index contributed by atoms with van der Waals surface area (Å²) in [5.41, 5.74) is 17.3. The zero-order chi connectivity index (χ0) is 15.8. The first-order valence-electron chi connectivity index (χ1n) is 8.45. The van der Waals surface area contributed by atoms with Crippen molar-refractivity contribution in [3.63, 3.8) is 0 Å². The predicted molar refractivity (Wildman–Crippen MR) is 97.8 cm³/mol. The Morgan fingerprint density at radius 2 is 1.36 bits per heavy atom. The molecule has 2 rings (SSSR count). The molecular formula is C20H28N2. The van der Waals surface area contributed by atoms with Gasteiger partial charge in [-0.05, 0) is 53.8 Å². The lowest BCUT2D eigenvalue weighted by atomic mass is 9.95. The van der Waals surface area contributed by atoms with Crippen LogP contribution in [0.5, 0.6) is 0 Å². The lowest BCUT2D eigenvalue weighted by Gasteiger charge is -2.11. The number of aryl methyl sites for hydroxylation is 1. The fourth-order valence-corrected chi connectivity index (χ4v) is 2.86. The van der Waals surface area contributed by atoms with Crippen LogP contribution in [0.3, 0.4) is 0 Å².